The summed E-state index contributed by atoms with van der Waals surface area (Å²) in [6.07, 6.45) is 0. The SMILES string of the molecule is [C-]#[N+]c1sc(C(=O)OCC)c(C)c1C(=O)OCC. The number of rotatable bonds is 4. The lowest BCUT2D eigenvalue weighted by Gasteiger charge is -2.03. The largest absolute Gasteiger partial charge is 0.463 e. The van der Waals surface area contributed by atoms with Crippen LogP contribution in [-0.2, 0) is 9.47 Å². The molecule has 0 fully saturated rings. The highest BCUT2D eigenvalue weighted by Gasteiger charge is 2.25. The van der Waals surface area contributed by atoms with E-state index in [0.717, 1.165) is 11.3 Å². The minimum absolute atomic E-state index is 0.161. The van der Waals surface area contributed by atoms with E-state index < -0.39 is 11.9 Å². The molecule has 0 aromatic carbocycles. The van der Waals surface area contributed by atoms with Crippen molar-refractivity contribution >= 4 is 28.3 Å². The third-order valence-electron chi connectivity index (χ3n) is 2.17. The second-order valence-electron chi connectivity index (χ2n) is 3.29. The summed E-state index contributed by atoms with van der Waals surface area (Å²) in [5.74, 6) is -1.09. The third-order valence-corrected chi connectivity index (χ3v) is 3.34. The molecule has 0 atom stereocenters. The van der Waals surface area contributed by atoms with Crippen molar-refractivity contribution in [1.29, 1.82) is 0 Å². The summed E-state index contributed by atoms with van der Waals surface area (Å²) in [6.45, 7) is 12.5. The summed E-state index contributed by atoms with van der Waals surface area (Å²) >= 11 is 0.959. The van der Waals surface area contributed by atoms with Crippen LogP contribution in [0.2, 0.25) is 0 Å². The summed E-state index contributed by atoms with van der Waals surface area (Å²) in [6, 6.07) is 0. The maximum absolute atomic E-state index is 11.7. The Morgan fingerprint density at radius 2 is 1.78 bits per heavy atom. The van der Waals surface area contributed by atoms with Crippen LogP contribution in [-0.4, -0.2) is 25.2 Å². The molecule has 18 heavy (non-hydrogen) atoms. The third kappa shape index (κ3) is 2.68. The molecule has 1 aromatic rings. The van der Waals surface area contributed by atoms with Crippen molar-refractivity contribution in [2.45, 2.75) is 20.8 Å². The lowest BCUT2D eigenvalue weighted by molar-refractivity contribution is 0.0527. The van der Waals surface area contributed by atoms with Crippen molar-refractivity contribution in [2.75, 3.05) is 13.2 Å². The number of nitrogens with zero attached hydrogens (tertiary/aromatic N) is 1. The van der Waals surface area contributed by atoms with Gasteiger partial charge in [0, 0.05) is 0 Å². The van der Waals surface area contributed by atoms with E-state index in [-0.39, 0.29) is 28.7 Å². The fourth-order valence-corrected chi connectivity index (χ4v) is 2.39. The van der Waals surface area contributed by atoms with Crippen molar-refractivity contribution in [2.24, 2.45) is 0 Å². The first-order valence-corrected chi connectivity index (χ1v) is 6.23. The molecule has 0 unspecified atom stereocenters. The fraction of sp³-hybridized carbons (Fsp3) is 0.417. The minimum atomic E-state index is -0.576. The normalized spacial score (nSPS) is 9.67. The Hall–Kier alpha value is -1.87. The van der Waals surface area contributed by atoms with Crippen molar-refractivity contribution in [1.82, 2.24) is 0 Å². The summed E-state index contributed by atoms with van der Waals surface area (Å²) < 4.78 is 9.75. The number of carbonyl (C=O) groups is 2. The van der Waals surface area contributed by atoms with E-state index in [1.54, 1.807) is 20.8 Å². The van der Waals surface area contributed by atoms with Gasteiger partial charge in [-0.1, -0.05) is 0 Å². The number of thiophene rings is 1. The average molecular weight is 267 g/mol. The zero-order chi connectivity index (χ0) is 13.7. The van der Waals surface area contributed by atoms with Gasteiger partial charge < -0.3 is 9.47 Å². The van der Waals surface area contributed by atoms with Gasteiger partial charge in [0.1, 0.15) is 4.88 Å². The molecule has 1 heterocycles. The molecule has 0 amide bonds. The summed E-state index contributed by atoms with van der Waals surface area (Å²) in [5, 5.41) is 0.161. The van der Waals surface area contributed by atoms with Gasteiger partial charge in [-0.3, -0.25) is 0 Å². The first-order chi connectivity index (χ1) is 8.56. The van der Waals surface area contributed by atoms with E-state index in [2.05, 4.69) is 4.85 Å². The Morgan fingerprint density at radius 1 is 1.22 bits per heavy atom. The first kappa shape index (κ1) is 14.2. The number of carbonyl (C=O) groups excluding carboxylic acids is 2. The number of ether oxygens (including phenoxy) is 2. The van der Waals surface area contributed by atoms with E-state index in [9.17, 15) is 9.59 Å². The lowest BCUT2D eigenvalue weighted by atomic mass is 10.1. The van der Waals surface area contributed by atoms with Gasteiger partial charge >= 0.3 is 11.9 Å². The molecule has 0 saturated heterocycles. The first-order valence-electron chi connectivity index (χ1n) is 5.41. The second-order valence-corrected chi connectivity index (χ2v) is 4.29. The van der Waals surface area contributed by atoms with Crippen LogP contribution >= 0.6 is 11.3 Å². The Bertz CT molecular complexity index is 513. The molecule has 0 aliphatic rings. The molecule has 0 aliphatic heterocycles. The maximum atomic E-state index is 11.7. The Morgan fingerprint density at radius 3 is 2.28 bits per heavy atom. The second kappa shape index (κ2) is 6.17. The quantitative estimate of drug-likeness (QED) is 0.621. The van der Waals surface area contributed by atoms with E-state index in [1.807, 2.05) is 0 Å². The molecule has 1 aromatic heterocycles. The van der Waals surface area contributed by atoms with Crippen LogP contribution < -0.4 is 0 Å². The zero-order valence-electron chi connectivity index (χ0n) is 10.4. The number of esters is 2. The van der Waals surface area contributed by atoms with Crippen LogP contribution in [0.1, 0.15) is 39.4 Å². The van der Waals surface area contributed by atoms with Crippen molar-refractivity contribution in [3.63, 3.8) is 0 Å². The molecule has 0 aliphatic carbocycles. The van der Waals surface area contributed by atoms with E-state index >= 15 is 0 Å². The van der Waals surface area contributed by atoms with Gasteiger partial charge in [0.25, 0.3) is 5.00 Å². The highest BCUT2D eigenvalue weighted by Crippen LogP contribution is 2.36. The molecule has 0 spiro atoms. The highest BCUT2D eigenvalue weighted by molar-refractivity contribution is 7.18. The van der Waals surface area contributed by atoms with E-state index in [1.165, 1.54) is 0 Å². The van der Waals surface area contributed by atoms with Crippen LogP contribution in [0.15, 0.2) is 0 Å². The van der Waals surface area contributed by atoms with Gasteiger partial charge in [-0.2, -0.15) is 0 Å². The molecule has 5 nitrogen and oxygen atoms in total. The van der Waals surface area contributed by atoms with Crippen molar-refractivity contribution in [3.05, 3.63) is 27.4 Å². The van der Waals surface area contributed by atoms with Crippen LogP contribution in [0.5, 0.6) is 0 Å². The smallest absolute Gasteiger partial charge is 0.347 e. The molecule has 6 heteroatoms. The van der Waals surface area contributed by atoms with Gasteiger partial charge in [-0.25, -0.2) is 14.4 Å². The van der Waals surface area contributed by atoms with Crippen molar-refractivity contribution in [3.8, 4) is 0 Å². The molecule has 0 N–H and O–H groups in total. The van der Waals surface area contributed by atoms with Gasteiger partial charge in [-0.15, -0.1) is 11.3 Å². The summed E-state index contributed by atoms with van der Waals surface area (Å²) in [5.41, 5.74) is 0.614. The van der Waals surface area contributed by atoms with Gasteiger partial charge in [0.15, 0.2) is 0 Å². The average Bonchev–Trinajstić information content (AvgIpc) is 2.67. The van der Waals surface area contributed by atoms with Crippen LogP contribution in [0.3, 0.4) is 0 Å². The minimum Gasteiger partial charge on any atom is -0.463 e. The number of hydrogen-bond acceptors (Lipinski definition) is 5. The van der Waals surface area contributed by atoms with E-state index in [0.29, 0.717) is 5.56 Å². The van der Waals surface area contributed by atoms with Crippen LogP contribution in [0.4, 0.5) is 5.00 Å². The highest BCUT2D eigenvalue weighted by atomic mass is 32.1. The van der Waals surface area contributed by atoms with Crippen molar-refractivity contribution < 1.29 is 19.1 Å². The summed E-state index contributed by atoms with van der Waals surface area (Å²) in [7, 11) is 0. The molecular weight excluding hydrogens is 254 g/mol. The predicted octanol–water partition coefficient (Wildman–Crippen LogP) is 2.96. The van der Waals surface area contributed by atoms with Gasteiger partial charge in [0.05, 0.1) is 25.3 Å². The van der Waals surface area contributed by atoms with E-state index in [4.69, 9.17) is 16.0 Å². The zero-order valence-corrected chi connectivity index (χ0v) is 11.2. The van der Waals surface area contributed by atoms with Crippen LogP contribution in [0.25, 0.3) is 4.85 Å². The van der Waals surface area contributed by atoms with Gasteiger partial charge in [0.2, 0.25) is 0 Å². The molecule has 0 saturated carbocycles. The fourth-order valence-electron chi connectivity index (χ4n) is 1.41. The molecule has 0 radical (unpaired) electrons. The Kier molecular flexibility index (Phi) is 4.86. The molecule has 0 bridgehead atoms. The molecule has 1 rings (SSSR count). The molecular formula is C12H13NO4S. The standard InChI is InChI=1S/C12H13NO4S/c1-5-16-11(14)8-7(3)9(12(15)17-6-2)18-10(8)13-4/h5-6H2,1-3H3. The number of hydrogen-bond donors (Lipinski definition) is 0. The summed E-state index contributed by atoms with van der Waals surface area (Å²) in [4.78, 5) is 26.9. The monoisotopic (exact) mass is 267 g/mol. The predicted molar refractivity (Wildman–Crippen MR) is 67.2 cm³/mol. The topological polar surface area (TPSA) is 57.0 Å². The Labute approximate surface area is 109 Å². The molecule has 96 valence electrons. The maximum Gasteiger partial charge on any atom is 0.347 e. The van der Waals surface area contributed by atoms with Gasteiger partial charge in [-0.05, 0) is 26.3 Å². The van der Waals surface area contributed by atoms with Crippen LogP contribution in [0, 0.1) is 13.5 Å². The lowest BCUT2D eigenvalue weighted by Crippen LogP contribution is -2.08. The Balaban J connectivity index is 3.23.